The summed E-state index contributed by atoms with van der Waals surface area (Å²) in [5.41, 5.74) is 0.873. The molecule has 1 amide bonds. The van der Waals surface area contributed by atoms with Crippen LogP contribution in [0.1, 0.15) is 34.5 Å². The van der Waals surface area contributed by atoms with E-state index in [9.17, 15) is 14.0 Å². The van der Waals surface area contributed by atoms with Gasteiger partial charge in [-0.25, -0.2) is 4.39 Å². The van der Waals surface area contributed by atoms with Crippen LogP contribution in [0.25, 0.3) is 0 Å². The zero-order chi connectivity index (χ0) is 15.7. The number of nitrogens with zero attached hydrogens (tertiary/aromatic N) is 1. The Labute approximate surface area is 127 Å². The number of aromatic nitrogens is 1. The minimum Gasteiger partial charge on any atom is -0.331 e. The van der Waals surface area contributed by atoms with Crippen LogP contribution in [-0.2, 0) is 6.54 Å². The maximum atomic E-state index is 13.8. The van der Waals surface area contributed by atoms with Crippen molar-refractivity contribution in [2.75, 3.05) is 0 Å². The first-order valence-electron chi connectivity index (χ1n) is 7.30. The Bertz CT molecular complexity index is 765. The van der Waals surface area contributed by atoms with E-state index in [1.54, 1.807) is 36.1 Å². The fourth-order valence-electron chi connectivity index (χ4n) is 2.46. The normalized spacial score (nSPS) is 13.9. The third kappa shape index (κ3) is 2.93. The number of hydrogen-bond acceptors (Lipinski definition) is 2. The van der Waals surface area contributed by atoms with Crippen molar-refractivity contribution < 1.29 is 9.18 Å². The summed E-state index contributed by atoms with van der Waals surface area (Å²) in [6, 6.07) is 9.73. The molecular weight excluding hydrogens is 283 g/mol. The molecule has 1 N–H and O–H groups in total. The van der Waals surface area contributed by atoms with Crippen molar-refractivity contribution in [2.45, 2.75) is 32.4 Å². The van der Waals surface area contributed by atoms with Gasteiger partial charge in [0.05, 0.1) is 0 Å². The van der Waals surface area contributed by atoms with Crippen LogP contribution in [-0.4, -0.2) is 21.8 Å². The molecule has 1 saturated carbocycles. The minimum absolute atomic E-state index is 0.0906. The van der Waals surface area contributed by atoms with E-state index >= 15 is 0 Å². The molecule has 3 rings (SSSR count). The van der Waals surface area contributed by atoms with Crippen LogP contribution < -0.4 is 5.56 Å². The number of aryl methyl sites for hydroxylation is 1. The highest BCUT2D eigenvalue weighted by molar-refractivity contribution is 5.94. The van der Waals surface area contributed by atoms with Gasteiger partial charge in [-0.1, -0.05) is 18.2 Å². The number of amides is 1. The van der Waals surface area contributed by atoms with Crippen LogP contribution in [0.2, 0.25) is 0 Å². The van der Waals surface area contributed by atoms with E-state index in [0.29, 0.717) is 11.3 Å². The number of halogens is 1. The van der Waals surface area contributed by atoms with Gasteiger partial charge in [0.2, 0.25) is 0 Å². The largest absolute Gasteiger partial charge is 0.331 e. The zero-order valence-corrected chi connectivity index (χ0v) is 12.3. The lowest BCUT2D eigenvalue weighted by molar-refractivity contribution is 0.0726. The Balaban J connectivity index is 1.90. The predicted octanol–water partition coefficient (Wildman–Crippen LogP) is 2.63. The van der Waals surface area contributed by atoms with Gasteiger partial charge in [0.15, 0.2) is 0 Å². The highest BCUT2D eigenvalue weighted by Crippen LogP contribution is 2.29. The number of aromatic amines is 1. The topological polar surface area (TPSA) is 53.2 Å². The van der Waals surface area contributed by atoms with Crippen molar-refractivity contribution in [3.8, 4) is 0 Å². The van der Waals surface area contributed by atoms with Crippen molar-refractivity contribution in [3.05, 3.63) is 69.4 Å². The molecule has 0 saturated heterocycles. The third-order valence-corrected chi connectivity index (χ3v) is 3.83. The molecule has 1 fully saturated rings. The maximum absolute atomic E-state index is 13.8. The highest BCUT2D eigenvalue weighted by Gasteiger charge is 2.34. The second-order valence-corrected chi connectivity index (χ2v) is 5.64. The first-order valence-corrected chi connectivity index (χ1v) is 7.30. The van der Waals surface area contributed by atoms with Gasteiger partial charge in [0.1, 0.15) is 11.4 Å². The standard InChI is InChI=1S/C17H17FN2O2/c1-11-6-9-14(16(21)19-11)17(22)20(13-7-8-13)10-12-4-2-3-5-15(12)18/h2-6,9,13H,7-8,10H2,1H3,(H,19,21). The Morgan fingerprint density at radius 2 is 2.00 bits per heavy atom. The molecule has 1 aliphatic carbocycles. The Kier molecular flexibility index (Phi) is 3.79. The highest BCUT2D eigenvalue weighted by atomic mass is 19.1. The fraction of sp³-hybridized carbons (Fsp3) is 0.294. The molecule has 1 aromatic heterocycles. The molecule has 1 aromatic carbocycles. The summed E-state index contributed by atoms with van der Waals surface area (Å²) in [4.78, 5) is 28.9. The van der Waals surface area contributed by atoms with E-state index in [1.165, 1.54) is 12.1 Å². The molecule has 0 atom stereocenters. The molecule has 0 aliphatic heterocycles. The molecule has 0 unspecified atom stereocenters. The van der Waals surface area contributed by atoms with Crippen molar-refractivity contribution in [3.63, 3.8) is 0 Å². The van der Waals surface area contributed by atoms with E-state index in [1.807, 2.05) is 0 Å². The van der Waals surface area contributed by atoms with Crippen molar-refractivity contribution in [1.82, 2.24) is 9.88 Å². The molecule has 4 nitrogen and oxygen atoms in total. The number of pyridine rings is 1. The van der Waals surface area contributed by atoms with Gasteiger partial charge in [0, 0.05) is 23.8 Å². The summed E-state index contributed by atoms with van der Waals surface area (Å²) in [6.07, 6.45) is 1.79. The molecule has 0 radical (unpaired) electrons. The summed E-state index contributed by atoms with van der Waals surface area (Å²) < 4.78 is 13.8. The number of benzene rings is 1. The van der Waals surface area contributed by atoms with Crippen LogP contribution in [0.3, 0.4) is 0 Å². The van der Waals surface area contributed by atoms with Gasteiger partial charge in [0.25, 0.3) is 11.5 Å². The van der Waals surface area contributed by atoms with Crippen molar-refractivity contribution in [2.24, 2.45) is 0 Å². The van der Waals surface area contributed by atoms with Gasteiger partial charge in [-0.15, -0.1) is 0 Å². The van der Waals surface area contributed by atoms with Gasteiger partial charge in [-0.2, -0.15) is 0 Å². The average Bonchev–Trinajstić information content (AvgIpc) is 3.30. The van der Waals surface area contributed by atoms with Gasteiger partial charge in [-0.05, 0) is 38.0 Å². The van der Waals surface area contributed by atoms with Crippen molar-refractivity contribution in [1.29, 1.82) is 0 Å². The summed E-state index contributed by atoms with van der Waals surface area (Å²) in [6.45, 7) is 1.94. The van der Waals surface area contributed by atoms with Gasteiger partial charge < -0.3 is 9.88 Å². The lowest BCUT2D eigenvalue weighted by atomic mass is 10.1. The predicted molar refractivity (Wildman–Crippen MR) is 81.1 cm³/mol. The van der Waals surface area contributed by atoms with Crippen LogP contribution in [0.15, 0.2) is 41.2 Å². The van der Waals surface area contributed by atoms with Gasteiger partial charge >= 0.3 is 0 Å². The van der Waals surface area contributed by atoms with E-state index in [2.05, 4.69) is 4.98 Å². The number of hydrogen-bond donors (Lipinski definition) is 1. The molecule has 0 spiro atoms. The Morgan fingerprint density at radius 3 is 2.64 bits per heavy atom. The number of nitrogens with one attached hydrogen (secondary N) is 1. The molecule has 2 aromatic rings. The van der Waals surface area contributed by atoms with Crippen LogP contribution >= 0.6 is 0 Å². The summed E-state index contributed by atoms with van der Waals surface area (Å²) in [5.74, 6) is -0.675. The van der Waals surface area contributed by atoms with E-state index < -0.39 is 5.56 Å². The monoisotopic (exact) mass is 300 g/mol. The summed E-state index contributed by atoms with van der Waals surface area (Å²) in [5, 5.41) is 0. The number of rotatable bonds is 4. The maximum Gasteiger partial charge on any atom is 0.260 e. The Hall–Kier alpha value is -2.43. The fourth-order valence-corrected chi connectivity index (χ4v) is 2.46. The van der Waals surface area contributed by atoms with Crippen LogP contribution in [0, 0.1) is 12.7 Å². The number of H-pyrrole nitrogens is 1. The second kappa shape index (κ2) is 5.75. The lowest BCUT2D eigenvalue weighted by Gasteiger charge is -2.22. The lowest BCUT2D eigenvalue weighted by Crippen LogP contribution is -2.36. The number of carbonyl (C=O) groups excluding carboxylic acids is 1. The minimum atomic E-state index is -0.399. The van der Waals surface area contributed by atoms with Crippen LogP contribution in [0.5, 0.6) is 0 Å². The van der Waals surface area contributed by atoms with Gasteiger partial charge in [-0.3, -0.25) is 9.59 Å². The molecule has 5 heteroatoms. The second-order valence-electron chi connectivity index (χ2n) is 5.64. The van der Waals surface area contributed by atoms with Crippen molar-refractivity contribution >= 4 is 5.91 Å². The zero-order valence-electron chi connectivity index (χ0n) is 12.3. The van der Waals surface area contributed by atoms with E-state index in [0.717, 1.165) is 12.8 Å². The SMILES string of the molecule is Cc1ccc(C(=O)N(Cc2ccccc2F)C2CC2)c(=O)[nH]1. The molecule has 114 valence electrons. The molecule has 1 heterocycles. The summed E-state index contributed by atoms with van der Waals surface area (Å²) in [7, 11) is 0. The average molecular weight is 300 g/mol. The molecular formula is C17H17FN2O2. The smallest absolute Gasteiger partial charge is 0.260 e. The molecule has 22 heavy (non-hydrogen) atoms. The summed E-state index contributed by atoms with van der Waals surface area (Å²) >= 11 is 0. The number of carbonyl (C=O) groups is 1. The molecule has 1 aliphatic rings. The third-order valence-electron chi connectivity index (χ3n) is 3.83. The van der Waals surface area contributed by atoms with Crippen LogP contribution in [0.4, 0.5) is 4.39 Å². The molecule has 0 bridgehead atoms. The first kappa shape index (κ1) is 14.5. The van der Waals surface area contributed by atoms with E-state index in [-0.39, 0.29) is 29.9 Å². The Morgan fingerprint density at radius 1 is 1.27 bits per heavy atom. The van der Waals surface area contributed by atoms with E-state index in [4.69, 9.17) is 0 Å². The quantitative estimate of drug-likeness (QED) is 0.943. The first-order chi connectivity index (χ1) is 10.6.